The molecule has 0 heterocycles. The zero-order chi connectivity index (χ0) is 9.40. The Morgan fingerprint density at radius 1 is 1.42 bits per heavy atom. The van der Waals surface area contributed by atoms with E-state index < -0.39 is 0 Å². The molecule has 12 heavy (non-hydrogen) atoms. The second kappa shape index (κ2) is 7.18. The van der Waals surface area contributed by atoms with Crippen molar-refractivity contribution in [2.24, 2.45) is 5.92 Å². The summed E-state index contributed by atoms with van der Waals surface area (Å²) in [7, 11) is 1.68. The van der Waals surface area contributed by atoms with Gasteiger partial charge in [-0.2, -0.15) is 0 Å². The fraction of sp³-hybridized carbons (Fsp3) is 0.727. The molecule has 0 saturated heterocycles. The summed E-state index contributed by atoms with van der Waals surface area (Å²) < 4.78 is 5.01. The van der Waals surface area contributed by atoms with Crippen molar-refractivity contribution in [2.45, 2.75) is 39.2 Å². The maximum Gasteiger partial charge on any atom is 0.115 e. The maximum absolute atomic E-state index is 5.01. The van der Waals surface area contributed by atoms with Gasteiger partial charge < -0.3 is 4.74 Å². The number of rotatable bonds is 4. The molecule has 0 saturated carbocycles. The summed E-state index contributed by atoms with van der Waals surface area (Å²) in [5.74, 6) is 6.81. The number of ether oxygens (including phenoxy) is 1. The zero-order valence-corrected chi connectivity index (χ0v) is 8.39. The third kappa shape index (κ3) is 6.24. The van der Waals surface area contributed by atoms with Crippen LogP contribution in [-0.4, -0.2) is 13.2 Å². The Bertz CT molecular complexity index is 152. The van der Waals surface area contributed by atoms with Crippen molar-refractivity contribution in [1.29, 1.82) is 0 Å². The first-order valence-electron chi connectivity index (χ1n) is 4.51. The SMILES string of the molecule is [CH2]CCC(C)CC#CC(C)OC. The smallest absolute Gasteiger partial charge is 0.115 e. The van der Waals surface area contributed by atoms with Crippen molar-refractivity contribution in [3.63, 3.8) is 0 Å². The van der Waals surface area contributed by atoms with Crippen LogP contribution in [0.2, 0.25) is 0 Å². The second-order valence-corrected chi connectivity index (χ2v) is 3.15. The lowest BCUT2D eigenvalue weighted by atomic mass is 10.0. The number of hydrogen-bond donors (Lipinski definition) is 0. The average molecular weight is 167 g/mol. The van der Waals surface area contributed by atoms with Crippen LogP contribution in [0, 0.1) is 24.7 Å². The first-order chi connectivity index (χ1) is 5.70. The highest BCUT2D eigenvalue weighted by atomic mass is 16.5. The van der Waals surface area contributed by atoms with E-state index in [2.05, 4.69) is 25.7 Å². The Labute approximate surface area is 76.5 Å². The first kappa shape index (κ1) is 11.5. The van der Waals surface area contributed by atoms with Gasteiger partial charge in [0.05, 0.1) is 0 Å². The molecule has 0 spiro atoms. The predicted octanol–water partition coefficient (Wildman–Crippen LogP) is 2.67. The third-order valence-electron chi connectivity index (χ3n) is 1.81. The van der Waals surface area contributed by atoms with Crippen molar-refractivity contribution >= 4 is 0 Å². The molecule has 0 bridgehead atoms. The van der Waals surface area contributed by atoms with Crippen LogP contribution in [0.15, 0.2) is 0 Å². The van der Waals surface area contributed by atoms with Gasteiger partial charge >= 0.3 is 0 Å². The van der Waals surface area contributed by atoms with E-state index in [0.717, 1.165) is 19.3 Å². The van der Waals surface area contributed by atoms with Crippen LogP contribution >= 0.6 is 0 Å². The fourth-order valence-corrected chi connectivity index (χ4v) is 0.886. The van der Waals surface area contributed by atoms with Crippen LogP contribution in [0.25, 0.3) is 0 Å². The van der Waals surface area contributed by atoms with Crippen molar-refractivity contribution in [3.8, 4) is 11.8 Å². The van der Waals surface area contributed by atoms with Gasteiger partial charge in [0, 0.05) is 13.5 Å². The van der Waals surface area contributed by atoms with E-state index in [1.165, 1.54) is 0 Å². The topological polar surface area (TPSA) is 9.23 Å². The normalized spacial score (nSPS) is 14.7. The zero-order valence-electron chi connectivity index (χ0n) is 8.39. The van der Waals surface area contributed by atoms with Crippen LogP contribution < -0.4 is 0 Å². The predicted molar refractivity (Wildman–Crippen MR) is 52.6 cm³/mol. The minimum atomic E-state index is 0.0666. The standard InChI is InChI=1S/C11H19O/c1-5-7-10(2)8-6-9-11(3)12-4/h10-11H,1,5,7-8H2,2-4H3. The van der Waals surface area contributed by atoms with Crippen LogP contribution in [0.5, 0.6) is 0 Å². The molecule has 0 aliphatic heterocycles. The molecule has 0 rings (SSSR count). The number of hydrogen-bond acceptors (Lipinski definition) is 1. The monoisotopic (exact) mass is 167 g/mol. The fourth-order valence-electron chi connectivity index (χ4n) is 0.886. The molecule has 1 heteroatoms. The van der Waals surface area contributed by atoms with E-state index in [4.69, 9.17) is 4.74 Å². The molecule has 0 aliphatic rings. The molecule has 0 N–H and O–H groups in total. The van der Waals surface area contributed by atoms with E-state index in [1.807, 2.05) is 6.92 Å². The second-order valence-electron chi connectivity index (χ2n) is 3.15. The highest BCUT2D eigenvalue weighted by molar-refractivity contribution is 5.04. The molecule has 0 aromatic carbocycles. The van der Waals surface area contributed by atoms with Gasteiger partial charge in [0.1, 0.15) is 6.10 Å². The van der Waals surface area contributed by atoms with E-state index in [1.54, 1.807) is 7.11 Å². The molecule has 0 fully saturated rings. The molecule has 1 nitrogen and oxygen atoms in total. The Hall–Kier alpha value is -0.480. The largest absolute Gasteiger partial charge is 0.369 e. The summed E-state index contributed by atoms with van der Waals surface area (Å²) in [5.41, 5.74) is 0. The van der Waals surface area contributed by atoms with E-state index >= 15 is 0 Å². The van der Waals surface area contributed by atoms with Crippen LogP contribution in [0.1, 0.15) is 33.1 Å². The molecule has 0 aliphatic carbocycles. The van der Waals surface area contributed by atoms with Gasteiger partial charge in [-0.3, -0.25) is 0 Å². The summed E-state index contributed by atoms with van der Waals surface area (Å²) in [5, 5.41) is 0. The van der Waals surface area contributed by atoms with Gasteiger partial charge in [-0.15, -0.1) is 5.92 Å². The van der Waals surface area contributed by atoms with Gasteiger partial charge in [0.25, 0.3) is 0 Å². The average Bonchev–Trinajstić information content (AvgIpc) is 2.04. The highest BCUT2D eigenvalue weighted by Crippen LogP contribution is 2.07. The minimum Gasteiger partial charge on any atom is -0.369 e. The maximum atomic E-state index is 5.01. The molecule has 0 amide bonds. The van der Waals surface area contributed by atoms with Gasteiger partial charge in [-0.05, 0) is 19.3 Å². The Morgan fingerprint density at radius 3 is 2.58 bits per heavy atom. The molecule has 0 aromatic rings. The summed E-state index contributed by atoms with van der Waals surface area (Å²) in [6.07, 6.45) is 3.19. The molecular formula is C11H19O. The van der Waals surface area contributed by atoms with E-state index in [9.17, 15) is 0 Å². The van der Waals surface area contributed by atoms with Gasteiger partial charge in [-0.1, -0.05) is 26.2 Å². The van der Waals surface area contributed by atoms with Crippen molar-refractivity contribution in [2.75, 3.05) is 7.11 Å². The lowest BCUT2D eigenvalue weighted by molar-refractivity contribution is 0.163. The molecule has 69 valence electrons. The Kier molecular flexibility index (Phi) is 6.90. The third-order valence-corrected chi connectivity index (χ3v) is 1.81. The van der Waals surface area contributed by atoms with E-state index in [0.29, 0.717) is 5.92 Å². The van der Waals surface area contributed by atoms with Gasteiger partial charge in [0.2, 0.25) is 0 Å². The lowest BCUT2D eigenvalue weighted by Crippen LogP contribution is -2.00. The molecule has 2 atom stereocenters. The van der Waals surface area contributed by atoms with Crippen molar-refractivity contribution in [3.05, 3.63) is 6.92 Å². The molecule has 0 aromatic heterocycles. The van der Waals surface area contributed by atoms with Crippen molar-refractivity contribution < 1.29 is 4.74 Å². The molecular weight excluding hydrogens is 148 g/mol. The summed E-state index contributed by atoms with van der Waals surface area (Å²) in [4.78, 5) is 0. The molecule has 1 radical (unpaired) electrons. The number of methoxy groups -OCH3 is 1. The van der Waals surface area contributed by atoms with Crippen LogP contribution in [0.4, 0.5) is 0 Å². The molecule has 2 unspecified atom stereocenters. The van der Waals surface area contributed by atoms with Crippen LogP contribution in [-0.2, 0) is 4.74 Å². The Balaban J connectivity index is 3.55. The van der Waals surface area contributed by atoms with E-state index in [-0.39, 0.29) is 6.10 Å². The first-order valence-corrected chi connectivity index (χ1v) is 4.51. The summed E-state index contributed by atoms with van der Waals surface area (Å²) in [6, 6.07) is 0. The van der Waals surface area contributed by atoms with Crippen molar-refractivity contribution in [1.82, 2.24) is 0 Å². The minimum absolute atomic E-state index is 0.0666. The van der Waals surface area contributed by atoms with Crippen LogP contribution in [0.3, 0.4) is 0 Å². The summed E-state index contributed by atoms with van der Waals surface area (Å²) in [6.45, 7) is 7.98. The Morgan fingerprint density at radius 2 is 2.08 bits per heavy atom. The highest BCUT2D eigenvalue weighted by Gasteiger charge is 1.96. The summed E-state index contributed by atoms with van der Waals surface area (Å²) >= 11 is 0. The van der Waals surface area contributed by atoms with Gasteiger partial charge in [-0.25, -0.2) is 0 Å². The lowest BCUT2D eigenvalue weighted by Gasteiger charge is -2.03. The van der Waals surface area contributed by atoms with Gasteiger partial charge in [0.15, 0.2) is 0 Å². The quantitative estimate of drug-likeness (QED) is 0.585.